The lowest BCUT2D eigenvalue weighted by Gasteiger charge is -2.16. The van der Waals surface area contributed by atoms with Gasteiger partial charge < -0.3 is 5.32 Å². The van der Waals surface area contributed by atoms with Gasteiger partial charge in [-0.15, -0.1) is 0 Å². The predicted octanol–water partition coefficient (Wildman–Crippen LogP) is 6.39. The highest BCUT2D eigenvalue weighted by atomic mass is 16.2. The Kier molecular flexibility index (Phi) is 6.19. The van der Waals surface area contributed by atoms with E-state index in [1.807, 2.05) is 80.6 Å². The van der Waals surface area contributed by atoms with Crippen molar-refractivity contribution < 1.29 is 9.59 Å². The standard InChI is InChI=1S/C29H30N2O2/c1-6-21-8-14-24(15-9-21)31-28(32)26(25-16-7-19(4)17-20(25)5)27(29(31)33)30-23-12-10-22(11-13-23)18(2)3/h7-18,30H,6H2,1-5H3. The SMILES string of the molecule is CCc1ccc(N2C(=O)C(Nc3ccc(C(C)C)cc3)=C(c3ccc(C)cc3C)C2=O)cc1. The van der Waals surface area contributed by atoms with Crippen molar-refractivity contribution in [1.29, 1.82) is 0 Å². The van der Waals surface area contributed by atoms with E-state index in [1.54, 1.807) is 0 Å². The number of carbonyl (C=O) groups excluding carboxylic acids is 2. The van der Waals surface area contributed by atoms with Crippen LogP contribution in [0.5, 0.6) is 0 Å². The van der Waals surface area contributed by atoms with E-state index in [9.17, 15) is 9.59 Å². The van der Waals surface area contributed by atoms with Crippen molar-refractivity contribution in [3.63, 3.8) is 0 Å². The topological polar surface area (TPSA) is 49.4 Å². The van der Waals surface area contributed by atoms with Crippen LogP contribution in [0.2, 0.25) is 0 Å². The minimum Gasteiger partial charge on any atom is -0.350 e. The van der Waals surface area contributed by atoms with Crippen molar-refractivity contribution >= 4 is 28.8 Å². The maximum atomic E-state index is 13.7. The maximum Gasteiger partial charge on any atom is 0.282 e. The van der Waals surface area contributed by atoms with Gasteiger partial charge in [-0.2, -0.15) is 0 Å². The molecule has 168 valence electrons. The molecule has 4 rings (SSSR count). The van der Waals surface area contributed by atoms with Crippen LogP contribution in [0.15, 0.2) is 72.4 Å². The predicted molar refractivity (Wildman–Crippen MR) is 135 cm³/mol. The van der Waals surface area contributed by atoms with Gasteiger partial charge in [0, 0.05) is 5.69 Å². The second-order valence-corrected chi connectivity index (χ2v) is 8.94. The third-order valence-electron chi connectivity index (χ3n) is 6.18. The number of rotatable bonds is 6. The van der Waals surface area contributed by atoms with Gasteiger partial charge in [0.05, 0.1) is 11.3 Å². The van der Waals surface area contributed by atoms with Gasteiger partial charge in [-0.25, -0.2) is 4.90 Å². The highest BCUT2D eigenvalue weighted by Crippen LogP contribution is 2.35. The maximum absolute atomic E-state index is 13.7. The molecular formula is C29H30N2O2. The van der Waals surface area contributed by atoms with Crippen LogP contribution < -0.4 is 10.2 Å². The van der Waals surface area contributed by atoms with Gasteiger partial charge >= 0.3 is 0 Å². The molecule has 0 atom stereocenters. The molecule has 0 bridgehead atoms. The molecule has 0 saturated heterocycles. The quantitative estimate of drug-likeness (QED) is 0.454. The monoisotopic (exact) mass is 438 g/mol. The van der Waals surface area contributed by atoms with Crippen molar-refractivity contribution in [3.8, 4) is 0 Å². The molecule has 0 spiro atoms. The lowest BCUT2D eigenvalue weighted by atomic mass is 9.97. The number of nitrogens with one attached hydrogen (secondary N) is 1. The minimum atomic E-state index is -0.341. The first kappa shape index (κ1) is 22.5. The molecule has 4 nitrogen and oxygen atoms in total. The Morgan fingerprint density at radius 2 is 1.52 bits per heavy atom. The summed E-state index contributed by atoms with van der Waals surface area (Å²) in [6.45, 7) is 10.4. The van der Waals surface area contributed by atoms with Gasteiger partial charge in [-0.05, 0) is 72.7 Å². The van der Waals surface area contributed by atoms with Crippen LogP contribution in [0.4, 0.5) is 11.4 Å². The Balaban J connectivity index is 1.79. The second-order valence-electron chi connectivity index (χ2n) is 8.94. The summed E-state index contributed by atoms with van der Waals surface area (Å²) in [5, 5.41) is 3.27. The fourth-order valence-electron chi connectivity index (χ4n) is 4.20. The van der Waals surface area contributed by atoms with Crippen molar-refractivity contribution in [2.24, 2.45) is 0 Å². The summed E-state index contributed by atoms with van der Waals surface area (Å²) in [5.41, 5.74) is 7.29. The minimum absolute atomic E-state index is 0.308. The van der Waals surface area contributed by atoms with Gasteiger partial charge in [0.25, 0.3) is 11.8 Å². The van der Waals surface area contributed by atoms with Crippen LogP contribution in [-0.2, 0) is 16.0 Å². The zero-order valence-electron chi connectivity index (χ0n) is 19.9. The van der Waals surface area contributed by atoms with E-state index in [1.165, 1.54) is 10.5 Å². The van der Waals surface area contributed by atoms with Crippen LogP contribution in [0.3, 0.4) is 0 Å². The summed E-state index contributed by atoms with van der Waals surface area (Å²) in [6, 6.07) is 21.6. The summed E-state index contributed by atoms with van der Waals surface area (Å²) < 4.78 is 0. The zero-order valence-corrected chi connectivity index (χ0v) is 19.9. The first-order valence-electron chi connectivity index (χ1n) is 11.5. The summed E-state index contributed by atoms with van der Waals surface area (Å²) in [4.78, 5) is 28.5. The summed E-state index contributed by atoms with van der Waals surface area (Å²) in [7, 11) is 0. The lowest BCUT2D eigenvalue weighted by molar-refractivity contribution is -0.120. The molecule has 1 aliphatic heterocycles. The number of carbonyl (C=O) groups is 2. The number of anilines is 2. The molecule has 2 amide bonds. The van der Waals surface area contributed by atoms with E-state index < -0.39 is 0 Å². The van der Waals surface area contributed by atoms with Gasteiger partial charge in [-0.1, -0.05) is 68.8 Å². The average molecular weight is 439 g/mol. The number of hydrogen-bond donors (Lipinski definition) is 1. The van der Waals surface area contributed by atoms with Crippen molar-refractivity contribution in [3.05, 3.63) is 100 Å². The first-order chi connectivity index (χ1) is 15.8. The Hall–Kier alpha value is -3.66. The van der Waals surface area contributed by atoms with Crippen LogP contribution in [0.25, 0.3) is 5.57 Å². The number of nitrogens with zero attached hydrogens (tertiary/aromatic N) is 1. The molecule has 0 radical (unpaired) electrons. The highest BCUT2D eigenvalue weighted by molar-refractivity contribution is 6.46. The van der Waals surface area contributed by atoms with Crippen molar-refractivity contribution in [1.82, 2.24) is 0 Å². The molecule has 1 aliphatic rings. The number of imide groups is 1. The Bertz CT molecular complexity index is 1240. The Morgan fingerprint density at radius 3 is 2.09 bits per heavy atom. The molecule has 0 fully saturated rings. The van der Waals surface area contributed by atoms with E-state index in [4.69, 9.17) is 0 Å². The Labute approximate surface area is 195 Å². The summed E-state index contributed by atoms with van der Waals surface area (Å²) in [6.07, 6.45) is 0.896. The van der Waals surface area contributed by atoms with Crippen LogP contribution in [-0.4, -0.2) is 11.8 Å². The molecular weight excluding hydrogens is 408 g/mol. The fraction of sp³-hybridized carbons (Fsp3) is 0.241. The van der Waals surface area contributed by atoms with Gasteiger partial charge in [0.15, 0.2) is 0 Å². The molecule has 1 N–H and O–H groups in total. The molecule has 3 aromatic carbocycles. The fourth-order valence-corrected chi connectivity index (χ4v) is 4.20. The normalized spacial score (nSPS) is 13.9. The summed E-state index contributed by atoms with van der Waals surface area (Å²) >= 11 is 0. The van der Waals surface area contributed by atoms with Crippen LogP contribution in [0.1, 0.15) is 54.5 Å². The zero-order chi connectivity index (χ0) is 23.7. The smallest absolute Gasteiger partial charge is 0.282 e. The number of aryl methyl sites for hydroxylation is 3. The van der Waals surface area contributed by atoms with E-state index in [2.05, 4.69) is 26.1 Å². The van der Waals surface area contributed by atoms with Crippen LogP contribution in [0, 0.1) is 13.8 Å². The van der Waals surface area contributed by atoms with Crippen LogP contribution >= 0.6 is 0 Å². The molecule has 1 heterocycles. The highest BCUT2D eigenvalue weighted by Gasteiger charge is 2.40. The second kappa shape index (κ2) is 9.07. The average Bonchev–Trinajstić information content (AvgIpc) is 3.03. The van der Waals surface area contributed by atoms with Gasteiger partial charge in [0.1, 0.15) is 5.70 Å². The molecule has 0 saturated carbocycles. The Morgan fingerprint density at radius 1 is 0.848 bits per heavy atom. The number of benzene rings is 3. The van der Waals surface area contributed by atoms with E-state index >= 15 is 0 Å². The third kappa shape index (κ3) is 4.34. The number of hydrogen-bond acceptors (Lipinski definition) is 3. The largest absolute Gasteiger partial charge is 0.350 e. The van der Waals surface area contributed by atoms with E-state index in [-0.39, 0.29) is 11.8 Å². The molecule has 0 aliphatic carbocycles. The molecule has 4 heteroatoms. The molecule has 3 aromatic rings. The molecule has 0 unspecified atom stereocenters. The van der Waals surface area contributed by atoms with Crippen molar-refractivity contribution in [2.45, 2.75) is 47.0 Å². The number of amides is 2. The molecule has 0 aromatic heterocycles. The molecule has 33 heavy (non-hydrogen) atoms. The van der Waals surface area contributed by atoms with E-state index in [0.29, 0.717) is 22.9 Å². The summed E-state index contributed by atoms with van der Waals surface area (Å²) in [5.74, 6) is -0.232. The third-order valence-corrected chi connectivity index (χ3v) is 6.18. The lowest BCUT2D eigenvalue weighted by Crippen LogP contribution is -2.32. The first-order valence-corrected chi connectivity index (χ1v) is 11.5. The van der Waals surface area contributed by atoms with E-state index in [0.717, 1.165) is 34.4 Å². The van der Waals surface area contributed by atoms with Crippen molar-refractivity contribution in [2.75, 3.05) is 10.2 Å². The van der Waals surface area contributed by atoms with Gasteiger partial charge in [-0.3, -0.25) is 9.59 Å². The van der Waals surface area contributed by atoms with Gasteiger partial charge in [0.2, 0.25) is 0 Å².